The van der Waals surface area contributed by atoms with E-state index in [0.717, 1.165) is 38.3 Å². The molecule has 3 aromatic rings. The number of nitrogens with two attached hydrogens (primary N) is 1. The molecule has 42 heavy (non-hydrogen) atoms. The van der Waals surface area contributed by atoms with Crippen LogP contribution < -0.4 is 16.5 Å². The number of hydrazone groups is 1. The summed E-state index contributed by atoms with van der Waals surface area (Å²) in [5.41, 5.74) is 5.83. The van der Waals surface area contributed by atoms with Crippen LogP contribution in [0.1, 0.15) is 34.6 Å². The lowest BCUT2D eigenvalue weighted by molar-refractivity contribution is -0.140. The summed E-state index contributed by atoms with van der Waals surface area (Å²) >= 11 is 0. The first-order valence-corrected chi connectivity index (χ1v) is 13.1. The molecule has 3 aromatic carbocycles. The van der Waals surface area contributed by atoms with Gasteiger partial charge in [0.25, 0.3) is 5.91 Å². The van der Waals surface area contributed by atoms with E-state index in [1.807, 2.05) is 48.5 Å². The molecule has 1 aliphatic carbocycles. The number of nitrogens with one attached hydrogen (secondary N) is 2. The summed E-state index contributed by atoms with van der Waals surface area (Å²) < 4.78 is 5.45. The van der Waals surface area contributed by atoms with E-state index in [2.05, 4.69) is 15.7 Å². The molecule has 11 nitrogen and oxygen atoms in total. The Bertz CT molecular complexity index is 1470. The molecular formula is C30H30ClN5O6. The number of rotatable bonds is 10. The molecule has 0 spiro atoms. The van der Waals surface area contributed by atoms with Gasteiger partial charge in [0.2, 0.25) is 0 Å². The Labute approximate surface area is 248 Å². The predicted octanol–water partition coefficient (Wildman–Crippen LogP) is 3.25. The van der Waals surface area contributed by atoms with E-state index in [1.165, 1.54) is 6.21 Å². The first-order chi connectivity index (χ1) is 19.9. The lowest BCUT2D eigenvalue weighted by atomic mass is 9.98. The zero-order chi connectivity index (χ0) is 28.9. The number of carboxylic acids is 1. The van der Waals surface area contributed by atoms with Gasteiger partial charge in [-0.15, -0.1) is 12.4 Å². The highest BCUT2D eigenvalue weighted by Gasteiger charge is 2.38. The third kappa shape index (κ3) is 6.36. The molecule has 218 valence electrons. The van der Waals surface area contributed by atoms with Crippen molar-refractivity contribution in [3.63, 3.8) is 0 Å². The maximum Gasteiger partial charge on any atom is 0.407 e. The van der Waals surface area contributed by atoms with E-state index in [0.29, 0.717) is 0 Å². The zero-order valence-electron chi connectivity index (χ0n) is 22.4. The minimum atomic E-state index is -1.36. The van der Waals surface area contributed by atoms with Crippen LogP contribution in [0.4, 0.5) is 9.59 Å². The normalized spacial score (nSPS) is 16.4. The fraction of sp³-hybridized carbons (Fsp3) is 0.233. The van der Waals surface area contributed by atoms with Crippen molar-refractivity contribution in [3.8, 4) is 11.1 Å². The van der Waals surface area contributed by atoms with Gasteiger partial charge < -0.3 is 26.3 Å². The fourth-order valence-electron chi connectivity index (χ4n) is 5.29. The number of hydrogen-bond donors (Lipinski definition) is 4. The number of carbonyl (C=O) groups is 4. The van der Waals surface area contributed by atoms with Gasteiger partial charge in [0.15, 0.2) is 0 Å². The van der Waals surface area contributed by atoms with Crippen molar-refractivity contribution >= 4 is 42.6 Å². The number of imide groups is 1. The highest BCUT2D eigenvalue weighted by molar-refractivity contribution is 6.04. The largest absolute Gasteiger partial charge is 0.480 e. The molecule has 1 saturated heterocycles. The van der Waals surface area contributed by atoms with E-state index in [-0.39, 0.29) is 44.3 Å². The van der Waals surface area contributed by atoms with Gasteiger partial charge in [-0.05, 0) is 39.8 Å². The van der Waals surface area contributed by atoms with Gasteiger partial charge in [-0.1, -0.05) is 72.8 Å². The number of benzene rings is 3. The Morgan fingerprint density at radius 1 is 1.02 bits per heavy atom. The quantitative estimate of drug-likeness (QED) is 0.122. The number of nitrogens with zero attached hydrogens (tertiary/aromatic N) is 2. The van der Waals surface area contributed by atoms with Crippen LogP contribution in [0.3, 0.4) is 0 Å². The van der Waals surface area contributed by atoms with E-state index in [1.54, 1.807) is 24.3 Å². The number of carboxylic acid groups (broad SMARTS) is 1. The summed E-state index contributed by atoms with van der Waals surface area (Å²) in [7, 11) is 0. The van der Waals surface area contributed by atoms with Gasteiger partial charge >= 0.3 is 18.1 Å². The molecule has 0 aromatic heterocycles. The number of urea groups is 1. The molecule has 2 unspecified atom stereocenters. The molecule has 4 amide bonds. The Morgan fingerprint density at radius 3 is 2.24 bits per heavy atom. The standard InChI is InChI=1S/C30H29N5O6.ClH/c31-32-16-19-11-9-18(10-12-19)15-26-27(36)35(29(39)33-26)14-13-25(28(37)38)34-30(40)41-17-24-22-7-3-1-5-20(22)21-6-2-4-8-23(21)24;/h1-12,16,24-26H,13-15,17,31H2,(H,33,39)(H,34,40)(H,37,38);1H. The smallest absolute Gasteiger partial charge is 0.407 e. The molecule has 0 saturated carbocycles. The third-order valence-corrected chi connectivity index (χ3v) is 7.33. The minimum absolute atomic E-state index is 0. The first-order valence-electron chi connectivity index (χ1n) is 13.1. The number of fused-ring (bicyclic) bond motifs is 3. The predicted molar refractivity (Wildman–Crippen MR) is 157 cm³/mol. The molecule has 0 radical (unpaired) electrons. The van der Waals surface area contributed by atoms with Crippen molar-refractivity contribution < 1.29 is 29.0 Å². The molecule has 2 aliphatic rings. The van der Waals surface area contributed by atoms with Crippen LogP contribution in [0.25, 0.3) is 11.1 Å². The van der Waals surface area contributed by atoms with Crippen LogP contribution in [0.2, 0.25) is 0 Å². The molecule has 0 bridgehead atoms. The zero-order valence-corrected chi connectivity index (χ0v) is 23.3. The van der Waals surface area contributed by atoms with Gasteiger partial charge in [-0.25, -0.2) is 14.4 Å². The topological polar surface area (TPSA) is 163 Å². The van der Waals surface area contributed by atoms with Gasteiger partial charge in [0.05, 0.1) is 6.21 Å². The second kappa shape index (κ2) is 13.2. The summed E-state index contributed by atoms with van der Waals surface area (Å²) in [6.45, 7) is -0.158. The van der Waals surface area contributed by atoms with E-state index >= 15 is 0 Å². The monoisotopic (exact) mass is 591 g/mol. The summed E-state index contributed by atoms with van der Waals surface area (Å²) in [4.78, 5) is 50.8. The Balaban J connectivity index is 0.00000405. The first kappa shape index (κ1) is 30.1. The Morgan fingerprint density at radius 2 is 1.64 bits per heavy atom. The van der Waals surface area contributed by atoms with Crippen molar-refractivity contribution in [2.75, 3.05) is 13.2 Å². The lowest BCUT2D eigenvalue weighted by Gasteiger charge is -2.19. The number of aliphatic carboxylic acids is 1. The van der Waals surface area contributed by atoms with Gasteiger partial charge in [-0.3, -0.25) is 9.69 Å². The SMILES string of the molecule is Cl.NN=Cc1ccc(CC2NC(=O)N(CCC(NC(=O)OCC3c4ccccc4-c4ccccc43)C(=O)O)C2=O)cc1. The third-order valence-electron chi connectivity index (χ3n) is 7.33. The lowest BCUT2D eigenvalue weighted by Crippen LogP contribution is -2.44. The molecule has 1 aliphatic heterocycles. The second-order valence-electron chi connectivity index (χ2n) is 9.87. The summed E-state index contributed by atoms with van der Waals surface area (Å²) in [6.07, 6.45) is 0.682. The van der Waals surface area contributed by atoms with Crippen LogP contribution in [0, 0.1) is 0 Å². The number of carbonyl (C=O) groups excluding carboxylic acids is 3. The van der Waals surface area contributed by atoms with Crippen molar-refractivity contribution in [2.45, 2.75) is 30.8 Å². The summed E-state index contributed by atoms with van der Waals surface area (Å²) in [5.74, 6) is 3.21. The highest BCUT2D eigenvalue weighted by atomic mass is 35.5. The van der Waals surface area contributed by atoms with Crippen LogP contribution in [0.15, 0.2) is 77.9 Å². The van der Waals surface area contributed by atoms with Crippen LogP contribution in [0.5, 0.6) is 0 Å². The van der Waals surface area contributed by atoms with Crippen molar-refractivity contribution in [3.05, 3.63) is 95.1 Å². The van der Waals surface area contributed by atoms with Crippen LogP contribution >= 0.6 is 12.4 Å². The Hall–Kier alpha value is -4.90. The minimum Gasteiger partial charge on any atom is -0.480 e. The average molecular weight is 592 g/mol. The van der Waals surface area contributed by atoms with Crippen molar-refractivity contribution in [1.82, 2.24) is 15.5 Å². The molecule has 2 atom stereocenters. The molecule has 5 rings (SSSR count). The van der Waals surface area contributed by atoms with Crippen molar-refractivity contribution in [1.29, 1.82) is 0 Å². The number of alkyl carbamates (subject to hydrolysis) is 1. The molecule has 5 N–H and O–H groups in total. The summed E-state index contributed by atoms with van der Waals surface area (Å²) in [5, 5.41) is 18.1. The fourth-order valence-corrected chi connectivity index (χ4v) is 5.29. The number of ether oxygens (including phenoxy) is 1. The van der Waals surface area contributed by atoms with E-state index in [4.69, 9.17) is 10.6 Å². The average Bonchev–Trinajstić information content (AvgIpc) is 3.43. The maximum atomic E-state index is 12.9. The van der Waals surface area contributed by atoms with Crippen LogP contribution in [-0.4, -0.2) is 65.5 Å². The Kier molecular flexibility index (Phi) is 9.43. The molecule has 12 heteroatoms. The molecule has 1 heterocycles. The van der Waals surface area contributed by atoms with Gasteiger partial charge in [0, 0.05) is 18.9 Å². The second-order valence-corrected chi connectivity index (χ2v) is 9.87. The number of hydrogen-bond acceptors (Lipinski definition) is 7. The maximum absolute atomic E-state index is 12.9. The molecule has 1 fully saturated rings. The van der Waals surface area contributed by atoms with E-state index < -0.39 is 36.1 Å². The highest BCUT2D eigenvalue weighted by Crippen LogP contribution is 2.44. The van der Waals surface area contributed by atoms with Crippen molar-refractivity contribution in [2.24, 2.45) is 10.9 Å². The van der Waals surface area contributed by atoms with Gasteiger partial charge in [-0.2, -0.15) is 5.10 Å². The number of amides is 4. The molecular weight excluding hydrogens is 562 g/mol. The van der Waals surface area contributed by atoms with E-state index in [9.17, 15) is 24.3 Å². The number of halogens is 1. The summed E-state index contributed by atoms with van der Waals surface area (Å²) in [6, 6.07) is 20.2. The van der Waals surface area contributed by atoms with Crippen LogP contribution in [-0.2, 0) is 20.7 Å². The van der Waals surface area contributed by atoms with Gasteiger partial charge in [0.1, 0.15) is 18.7 Å².